The van der Waals surface area contributed by atoms with Crippen LogP contribution in [0.1, 0.15) is 36.2 Å². The number of ether oxygens (including phenoxy) is 1. The molecule has 0 aromatic carbocycles. The zero-order chi connectivity index (χ0) is 18.3. The lowest BCUT2D eigenvalue weighted by Gasteiger charge is -2.41. The minimum absolute atomic E-state index is 0.00329. The van der Waals surface area contributed by atoms with Gasteiger partial charge in [-0.25, -0.2) is 4.98 Å². The molecule has 2 N–H and O–H groups in total. The molecule has 6 heteroatoms. The maximum atomic E-state index is 12.8. The number of hydrogen-bond acceptors (Lipinski definition) is 5. The SMILES string of the molecule is CN(C)[C@@H]1C[C@@H]2CN(C(=O)c3cccc(N)n3)C[C@@H]2C[C@H]1OCC1CC1. The quantitative estimate of drug-likeness (QED) is 0.870. The van der Waals surface area contributed by atoms with Gasteiger partial charge in [-0.1, -0.05) is 6.07 Å². The smallest absolute Gasteiger partial charge is 0.272 e. The number of aromatic nitrogens is 1. The molecule has 4 rings (SSSR count). The van der Waals surface area contributed by atoms with E-state index >= 15 is 0 Å². The van der Waals surface area contributed by atoms with Crippen LogP contribution in [0.15, 0.2) is 18.2 Å². The monoisotopic (exact) mass is 358 g/mol. The number of amides is 1. The number of carbonyl (C=O) groups excluding carboxylic acids is 1. The molecule has 4 atom stereocenters. The molecular weight excluding hydrogens is 328 g/mol. The molecule has 1 saturated heterocycles. The van der Waals surface area contributed by atoms with Crippen LogP contribution in [0.4, 0.5) is 5.82 Å². The van der Waals surface area contributed by atoms with E-state index in [1.807, 2.05) is 4.90 Å². The zero-order valence-corrected chi connectivity index (χ0v) is 15.8. The van der Waals surface area contributed by atoms with Gasteiger partial charge in [0.15, 0.2) is 0 Å². The minimum atomic E-state index is 0.00329. The first-order valence-electron chi connectivity index (χ1n) is 9.81. The highest BCUT2D eigenvalue weighted by Gasteiger charge is 2.45. The molecule has 6 nitrogen and oxygen atoms in total. The van der Waals surface area contributed by atoms with Crippen molar-refractivity contribution in [3.63, 3.8) is 0 Å². The summed E-state index contributed by atoms with van der Waals surface area (Å²) >= 11 is 0. The normalized spacial score (nSPS) is 31.3. The fourth-order valence-corrected chi connectivity index (χ4v) is 4.56. The first kappa shape index (κ1) is 17.7. The average molecular weight is 358 g/mol. The summed E-state index contributed by atoms with van der Waals surface area (Å²) in [5, 5.41) is 0. The van der Waals surface area contributed by atoms with Gasteiger partial charge in [0.2, 0.25) is 0 Å². The van der Waals surface area contributed by atoms with E-state index < -0.39 is 0 Å². The first-order chi connectivity index (χ1) is 12.5. The van der Waals surface area contributed by atoms with Gasteiger partial charge in [-0.2, -0.15) is 0 Å². The molecule has 1 amide bonds. The molecular formula is C20H30N4O2. The minimum Gasteiger partial charge on any atom is -0.384 e. The van der Waals surface area contributed by atoms with E-state index in [2.05, 4.69) is 24.0 Å². The topological polar surface area (TPSA) is 71.7 Å². The number of pyridine rings is 1. The largest absolute Gasteiger partial charge is 0.384 e. The predicted octanol–water partition coefficient (Wildman–Crippen LogP) is 1.87. The molecule has 2 aliphatic carbocycles. The summed E-state index contributed by atoms with van der Waals surface area (Å²) < 4.78 is 6.31. The van der Waals surface area contributed by atoms with E-state index in [1.165, 1.54) is 12.8 Å². The Morgan fingerprint density at radius 1 is 1.27 bits per heavy atom. The van der Waals surface area contributed by atoms with Crippen molar-refractivity contribution in [2.24, 2.45) is 17.8 Å². The van der Waals surface area contributed by atoms with E-state index in [1.54, 1.807) is 18.2 Å². The van der Waals surface area contributed by atoms with Gasteiger partial charge in [-0.3, -0.25) is 4.79 Å². The fraction of sp³-hybridized carbons (Fsp3) is 0.700. The van der Waals surface area contributed by atoms with Gasteiger partial charge < -0.3 is 20.3 Å². The molecule has 142 valence electrons. The molecule has 0 radical (unpaired) electrons. The lowest BCUT2D eigenvalue weighted by Crippen LogP contribution is -2.48. The highest BCUT2D eigenvalue weighted by Crippen LogP contribution is 2.40. The number of nitrogen functional groups attached to an aromatic ring is 1. The summed E-state index contributed by atoms with van der Waals surface area (Å²) in [6.45, 7) is 2.53. The van der Waals surface area contributed by atoms with Gasteiger partial charge in [0.1, 0.15) is 11.5 Å². The van der Waals surface area contributed by atoms with E-state index in [4.69, 9.17) is 10.5 Å². The molecule has 0 bridgehead atoms. The van der Waals surface area contributed by atoms with Gasteiger partial charge >= 0.3 is 0 Å². The second-order valence-electron chi connectivity index (χ2n) is 8.50. The van der Waals surface area contributed by atoms with Gasteiger partial charge in [0.05, 0.1) is 6.10 Å². The maximum absolute atomic E-state index is 12.8. The third kappa shape index (κ3) is 3.71. The van der Waals surface area contributed by atoms with Crippen molar-refractivity contribution in [2.45, 2.75) is 37.8 Å². The molecule has 3 aliphatic rings. The number of likely N-dealkylation sites (N-methyl/N-ethyl adjacent to an activating group) is 1. The van der Waals surface area contributed by atoms with Crippen LogP contribution in [0.25, 0.3) is 0 Å². The van der Waals surface area contributed by atoms with E-state index in [0.29, 0.717) is 29.4 Å². The third-order valence-corrected chi connectivity index (χ3v) is 6.27. The Hall–Kier alpha value is -1.66. The Bertz CT molecular complexity index is 661. The summed E-state index contributed by atoms with van der Waals surface area (Å²) in [5.41, 5.74) is 6.19. The summed E-state index contributed by atoms with van der Waals surface area (Å²) in [6.07, 6.45) is 5.07. The molecule has 3 fully saturated rings. The fourth-order valence-electron chi connectivity index (χ4n) is 4.56. The molecule has 0 spiro atoms. The van der Waals surface area contributed by atoms with Crippen molar-refractivity contribution >= 4 is 11.7 Å². The van der Waals surface area contributed by atoms with Crippen LogP contribution in [-0.4, -0.2) is 66.6 Å². The lowest BCUT2D eigenvalue weighted by molar-refractivity contribution is -0.0493. The van der Waals surface area contributed by atoms with Crippen LogP contribution in [0.3, 0.4) is 0 Å². The van der Waals surface area contributed by atoms with Crippen molar-refractivity contribution < 1.29 is 9.53 Å². The standard InChI is InChI=1S/C20H30N4O2/c1-23(2)17-8-14-10-24(20(25)16-4-3-5-19(21)22-16)11-15(14)9-18(17)26-12-13-6-7-13/h3-5,13-15,17-18H,6-12H2,1-2H3,(H2,21,22)/t14-,15+,17-,18-/m1/s1. The summed E-state index contributed by atoms with van der Waals surface area (Å²) in [6, 6.07) is 5.70. The van der Waals surface area contributed by atoms with E-state index in [0.717, 1.165) is 38.5 Å². The Morgan fingerprint density at radius 2 is 2.00 bits per heavy atom. The Morgan fingerprint density at radius 3 is 2.65 bits per heavy atom. The van der Waals surface area contributed by atoms with Gasteiger partial charge in [0, 0.05) is 25.7 Å². The predicted molar refractivity (Wildman–Crippen MR) is 101 cm³/mol. The van der Waals surface area contributed by atoms with E-state index in [-0.39, 0.29) is 12.0 Å². The van der Waals surface area contributed by atoms with Crippen LogP contribution < -0.4 is 5.73 Å². The van der Waals surface area contributed by atoms with Crippen molar-refractivity contribution in [1.82, 2.24) is 14.8 Å². The van der Waals surface area contributed by atoms with Crippen LogP contribution in [0.5, 0.6) is 0 Å². The van der Waals surface area contributed by atoms with Gasteiger partial charge in [-0.05, 0) is 69.7 Å². The second kappa shape index (κ2) is 7.16. The van der Waals surface area contributed by atoms with E-state index in [9.17, 15) is 4.79 Å². The summed E-state index contributed by atoms with van der Waals surface area (Å²) in [5.74, 6) is 2.26. The molecule has 1 aromatic rings. The number of hydrogen-bond donors (Lipinski definition) is 1. The number of carbonyl (C=O) groups is 1. The lowest BCUT2D eigenvalue weighted by atomic mass is 9.77. The zero-order valence-electron chi connectivity index (χ0n) is 15.8. The van der Waals surface area contributed by atoms with Crippen molar-refractivity contribution in [1.29, 1.82) is 0 Å². The number of rotatable bonds is 5. The Balaban J connectivity index is 1.42. The summed E-state index contributed by atoms with van der Waals surface area (Å²) in [7, 11) is 4.29. The maximum Gasteiger partial charge on any atom is 0.272 e. The number of fused-ring (bicyclic) bond motifs is 1. The number of nitrogens with zero attached hydrogens (tertiary/aromatic N) is 3. The van der Waals surface area contributed by atoms with Gasteiger partial charge in [-0.15, -0.1) is 0 Å². The van der Waals surface area contributed by atoms with Crippen LogP contribution >= 0.6 is 0 Å². The first-order valence-corrected chi connectivity index (χ1v) is 9.81. The van der Waals surface area contributed by atoms with Crippen molar-refractivity contribution in [3.05, 3.63) is 23.9 Å². The number of likely N-dealkylation sites (tertiary alicyclic amines) is 1. The van der Waals surface area contributed by atoms with Crippen LogP contribution in [0.2, 0.25) is 0 Å². The van der Waals surface area contributed by atoms with Gasteiger partial charge in [0.25, 0.3) is 5.91 Å². The highest BCUT2D eigenvalue weighted by atomic mass is 16.5. The van der Waals surface area contributed by atoms with Crippen molar-refractivity contribution in [3.8, 4) is 0 Å². The van der Waals surface area contributed by atoms with Crippen molar-refractivity contribution in [2.75, 3.05) is 39.5 Å². The Labute approximate surface area is 155 Å². The molecule has 26 heavy (non-hydrogen) atoms. The molecule has 1 aromatic heterocycles. The summed E-state index contributed by atoms with van der Waals surface area (Å²) in [4.78, 5) is 21.3. The van der Waals surface area contributed by atoms with Crippen LogP contribution in [-0.2, 0) is 4.74 Å². The molecule has 0 unspecified atom stereocenters. The highest BCUT2D eigenvalue weighted by molar-refractivity contribution is 5.92. The number of anilines is 1. The third-order valence-electron chi connectivity index (χ3n) is 6.27. The second-order valence-corrected chi connectivity index (χ2v) is 8.50. The molecule has 2 saturated carbocycles. The Kier molecular flexibility index (Phi) is 4.88. The molecule has 1 aliphatic heterocycles. The average Bonchev–Trinajstić information content (AvgIpc) is 3.35. The van der Waals surface area contributed by atoms with Crippen LogP contribution in [0, 0.1) is 17.8 Å². The number of nitrogens with two attached hydrogens (primary N) is 1. The molecule has 2 heterocycles.